The van der Waals surface area contributed by atoms with Crippen molar-refractivity contribution in [3.8, 4) is 0 Å². The van der Waals surface area contributed by atoms with Crippen molar-refractivity contribution < 1.29 is 5.11 Å². The summed E-state index contributed by atoms with van der Waals surface area (Å²) in [6.07, 6.45) is 2.75. The van der Waals surface area contributed by atoms with E-state index in [2.05, 4.69) is 12.2 Å². The van der Waals surface area contributed by atoms with Crippen LogP contribution in [0.4, 0.5) is 0 Å². The Kier molecular flexibility index (Phi) is 2.49. The number of rotatable bonds is 4. The Bertz CT molecular complexity index is 81.0. The second-order valence-electron chi connectivity index (χ2n) is 2.80. The Labute approximate surface area is 56.3 Å². The molecule has 0 saturated heterocycles. The van der Waals surface area contributed by atoms with E-state index in [0.717, 1.165) is 12.5 Å². The molecule has 1 aliphatic rings. The van der Waals surface area contributed by atoms with E-state index in [1.807, 2.05) is 0 Å². The molecule has 0 spiro atoms. The zero-order valence-corrected chi connectivity index (χ0v) is 5.93. The lowest BCUT2D eigenvalue weighted by Crippen LogP contribution is -2.30. The predicted octanol–water partition coefficient (Wildman–Crippen LogP) is 0.367. The Balaban J connectivity index is 1.96. The van der Waals surface area contributed by atoms with E-state index in [9.17, 15) is 0 Å². The van der Waals surface area contributed by atoms with Crippen molar-refractivity contribution >= 4 is 0 Å². The molecule has 0 aromatic heterocycles. The molecule has 0 aromatic carbocycles. The molecule has 54 valence electrons. The van der Waals surface area contributed by atoms with Crippen molar-refractivity contribution in [1.29, 1.82) is 0 Å². The smallest absolute Gasteiger partial charge is 0.0556 e. The van der Waals surface area contributed by atoms with Crippen molar-refractivity contribution in [1.82, 2.24) is 5.32 Å². The molecular formula is C7H15NO. The van der Waals surface area contributed by atoms with E-state index in [1.165, 1.54) is 12.8 Å². The van der Waals surface area contributed by atoms with E-state index < -0.39 is 0 Å². The zero-order valence-electron chi connectivity index (χ0n) is 5.93. The predicted molar refractivity (Wildman–Crippen MR) is 37.3 cm³/mol. The molecule has 0 aliphatic heterocycles. The highest BCUT2D eigenvalue weighted by atomic mass is 16.3. The Morgan fingerprint density at radius 1 is 1.67 bits per heavy atom. The third kappa shape index (κ3) is 2.33. The van der Waals surface area contributed by atoms with Gasteiger partial charge in [0.15, 0.2) is 0 Å². The maximum absolute atomic E-state index is 8.45. The fourth-order valence-electron chi connectivity index (χ4n) is 1.06. The van der Waals surface area contributed by atoms with Crippen LogP contribution in [0.25, 0.3) is 0 Å². The first-order chi connectivity index (χ1) is 4.34. The van der Waals surface area contributed by atoms with E-state index in [-0.39, 0.29) is 6.61 Å². The van der Waals surface area contributed by atoms with Gasteiger partial charge in [0.1, 0.15) is 0 Å². The van der Waals surface area contributed by atoms with Gasteiger partial charge in [0.05, 0.1) is 6.61 Å². The highest BCUT2D eigenvalue weighted by molar-refractivity contribution is 4.82. The van der Waals surface area contributed by atoms with Gasteiger partial charge in [-0.1, -0.05) is 0 Å². The van der Waals surface area contributed by atoms with Gasteiger partial charge in [-0.3, -0.25) is 0 Å². The maximum atomic E-state index is 8.45. The van der Waals surface area contributed by atoms with Gasteiger partial charge in [-0.05, 0) is 25.7 Å². The topological polar surface area (TPSA) is 32.3 Å². The Morgan fingerprint density at radius 3 is 2.78 bits per heavy atom. The lowest BCUT2D eigenvalue weighted by molar-refractivity contribution is 0.282. The molecule has 2 N–H and O–H groups in total. The van der Waals surface area contributed by atoms with E-state index >= 15 is 0 Å². The quantitative estimate of drug-likeness (QED) is 0.574. The molecule has 0 amide bonds. The van der Waals surface area contributed by atoms with E-state index in [0.29, 0.717) is 6.04 Å². The van der Waals surface area contributed by atoms with Crippen molar-refractivity contribution in [2.45, 2.75) is 25.8 Å². The molecule has 1 fully saturated rings. The molecule has 1 unspecified atom stereocenters. The van der Waals surface area contributed by atoms with E-state index in [1.54, 1.807) is 0 Å². The van der Waals surface area contributed by atoms with Crippen LogP contribution in [0.5, 0.6) is 0 Å². The van der Waals surface area contributed by atoms with Gasteiger partial charge < -0.3 is 10.4 Å². The average molecular weight is 129 g/mol. The first kappa shape index (κ1) is 7.03. The van der Waals surface area contributed by atoms with Gasteiger partial charge in [0.25, 0.3) is 0 Å². The number of aliphatic hydroxyl groups is 1. The molecule has 0 radical (unpaired) electrons. The summed E-state index contributed by atoms with van der Waals surface area (Å²) in [6, 6.07) is 0.622. The van der Waals surface area contributed by atoms with Gasteiger partial charge in [0.2, 0.25) is 0 Å². The maximum Gasteiger partial charge on any atom is 0.0556 e. The van der Waals surface area contributed by atoms with Crippen molar-refractivity contribution in [2.75, 3.05) is 13.2 Å². The lowest BCUT2D eigenvalue weighted by Gasteiger charge is -2.09. The summed E-state index contributed by atoms with van der Waals surface area (Å²) in [5, 5.41) is 11.7. The van der Waals surface area contributed by atoms with Crippen LogP contribution in [0.2, 0.25) is 0 Å². The minimum atomic E-state index is 0.261. The van der Waals surface area contributed by atoms with Crippen molar-refractivity contribution in [3.05, 3.63) is 0 Å². The summed E-state index contributed by atoms with van der Waals surface area (Å²) >= 11 is 0. The molecule has 1 atom stereocenters. The monoisotopic (exact) mass is 129 g/mol. The highest BCUT2D eigenvalue weighted by Crippen LogP contribution is 2.32. The van der Waals surface area contributed by atoms with Gasteiger partial charge in [-0.15, -0.1) is 0 Å². The zero-order chi connectivity index (χ0) is 6.69. The molecule has 2 heteroatoms. The van der Waals surface area contributed by atoms with Gasteiger partial charge in [-0.25, -0.2) is 0 Å². The van der Waals surface area contributed by atoms with Crippen molar-refractivity contribution in [3.63, 3.8) is 0 Å². The molecule has 0 bridgehead atoms. The number of aliphatic hydroxyl groups excluding tert-OH is 1. The highest BCUT2D eigenvalue weighted by Gasteiger charge is 2.26. The molecule has 1 aliphatic carbocycles. The number of hydrogen-bond donors (Lipinski definition) is 2. The molecular weight excluding hydrogens is 114 g/mol. The van der Waals surface area contributed by atoms with Crippen LogP contribution >= 0.6 is 0 Å². The molecule has 1 saturated carbocycles. The van der Waals surface area contributed by atoms with Gasteiger partial charge in [-0.2, -0.15) is 0 Å². The van der Waals surface area contributed by atoms with Crippen LogP contribution in [0.1, 0.15) is 19.8 Å². The summed E-state index contributed by atoms with van der Waals surface area (Å²) < 4.78 is 0. The summed E-state index contributed by atoms with van der Waals surface area (Å²) in [5.41, 5.74) is 0. The minimum Gasteiger partial charge on any atom is -0.395 e. The fourth-order valence-corrected chi connectivity index (χ4v) is 1.06. The van der Waals surface area contributed by atoms with E-state index in [4.69, 9.17) is 5.11 Å². The fraction of sp³-hybridized carbons (Fsp3) is 1.00. The van der Waals surface area contributed by atoms with Crippen molar-refractivity contribution in [2.24, 2.45) is 5.92 Å². The molecule has 9 heavy (non-hydrogen) atoms. The summed E-state index contributed by atoms with van der Waals surface area (Å²) in [6.45, 7) is 3.20. The summed E-state index contributed by atoms with van der Waals surface area (Å²) in [7, 11) is 0. The first-order valence-corrected chi connectivity index (χ1v) is 3.69. The van der Waals surface area contributed by atoms with Crippen LogP contribution in [-0.2, 0) is 0 Å². The Morgan fingerprint density at radius 2 is 2.33 bits per heavy atom. The normalized spacial score (nSPS) is 22.0. The largest absolute Gasteiger partial charge is 0.395 e. The number of nitrogens with one attached hydrogen (secondary N) is 1. The van der Waals surface area contributed by atoms with Crippen LogP contribution in [0.3, 0.4) is 0 Å². The van der Waals surface area contributed by atoms with Gasteiger partial charge in [0, 0.05) is 12.6 Å². The van der Waals surface area contributed by atoms with Crippen LogP contribution in [0.15, 0.2) is 0 Å². The Hall–Kier alpha value is -0.0800. The molecule has 1 rings (SSSR count). The third-order valence-electron chi connectivity index (χ3n) is 1.91. The van der Waals surface area contributed by atoms with Gasteiger partial charge >= 0.3 is 0 Å². The summed E-state index contributed by atoms with van der Waals surface area (Å²) in [4.78, 5) is 0. The second-order valence-corrected chi connectivity index (χ2v) is 2.80. The van der Waals surface area contributed by atoms with Crippen LogP contribution in [-0.4, -0.2) is 24.3 Å². The lowest BCUT2D eigenvalue weighted by atomic mass is 10.2. The summed E-state index contributed by atoms with van der Waals surface area (Å²) in [5.74, 6) is 0.900. The average Bonchev–Trinajstić information content (AvgIpc) is 2.63. The standard InChI is InChI=1S/C7H15NO/c1-6(7-2-3-7)8-4-5-9/h6-9H,2-5H2,1H3. The first-order valence-electron chi connectivity index (χ1n) is 3.69. The molecule has 0 aromatic rings. The third-order valence-corrected chi connectivity index (χ3v) is 1.91. The van der Waals surface area contributed by atoms with Crippen LogP contribution < -0.4 is 5.32 Å². The number of hydrogen-bond acceptors (Lipinski definition) is 2. The molecule has 0 heterocycles. The van der Waals surface area contributed by atoms with Crippen LogP contribution in [0, 0.1) is 5.92 Å². The SMILES string of the molecule is CC(NCCO)C1CC1. The second kappa shape index (κ2) is 3.18. The minimum absolute atomic E-state index is 0.261. The molecule has 2 nitrogen and oxygen atoms in total.